The Hall–Kier alpha value is -3.10. The summed E-state index contributed by atoms with van der Waals surface area (Å²) in [6.07, 6.45) is -1.70. The number of imide groups is 4. The molecule has 2 aliphatic rings. The summed E-state index contributed by atoms with van der Waals surface area (Å²) < 4.78 is 10.7. The Morgan fingerprint density at radius 2 is 1.39 bits per heavy atom. The fraction of sp³-hybridized carbons (Fsp3) is 0.583. The molecule has 2 saturated heterocycles. The predicted octanol–water partition coefficient (Wildman–Crippen LogP) is 4.47. The molecule has 9 nitrogen and oxygen atoms in total. The van der Waals surface area contributed by atoms with Gasteiger partial charge in [0.2, 0.25) is 0 Å². The number of carbonyl (C=O) groups excluding carboxylic acids is 4. The third kappa shape index (κ3) is 4.82. The summed E-state index contributed by atoms with van der Waals surface area (Å²) in [7, 11) is 0. The van der Waals surface area contributed by atoms with E-state index in [0.29, 0.717) is 18.0 Å². The lowest BCUT2D eigenvalue weighted by molar-refractivity contribution is -0.133. The number of rotatable bonds is 1. The number of urea groups is 1. The van der Waals surface area contributed by atoms with Gasteiger partial charge in [0.15, 0.2) is 0 Å². The lowest BCUT2D eigenvalue weighted by Crippen LogP contribution is -2.59. The first-order valence-corrected chi connectivity index (χ1v) is 11.1. The van der Waals surface area contributed by atoms with E-state index in [1.165, 1.54) is 0 Å². The number of hydrogen-bond acceptors (Lipinski definition) is 7. The standard InChI is InChI=1S/C24H33N3O6/c1-16-10-8-9-11-17(16)25-14-12-24(13-15-25)18(28)26(20(30)32-22(2,3)4)19(29)27(24)21(31)33-23(5,6)7/h8-11H,12-15H2,1-7H3. The van der Waals surface area contributed by atoms with Crippen LogP contribution in [-0.2, 0) is 14.3 Å². The maximum atomic E-state index is 13.5. The topological polar surface area (TPSA) is 96.5 Å². The molecule has 1 spiro atoms. The van der Waals surface area contributed by atoms with Crippen molar-refractivity contribution in [1.82, 2.24) is 9.80 Å². The summed E-state index contributed by atoms with van der Waals surface area (Å²) in [4.78, 5) is 56.0. The van der Waals surface area contributed by atoms with Crippen LogP contribution in [-0.4, -0.2) is 63.8 Å². The van der Waals surface area contributed by atoms with Gasteiger partial charge in [-0.1, -0.05) is 18.2 Å². The van der Waals surface area contributed by atoms with Gasteiger partial charge in [-0.25, -0.2) is 19.3 Å². The molecular weight excluding hydrogens is 426 g/mol. The first-order valence-electron chi connectivity index (χ1n) is 11.1. The summed E-state index contributed by atoms with van der Waals surface area (Å²) in [6, 6.07) is 6.85. The van der Waals surface area contributed by atoms with Crippen LogP contribution < -0.4 is 4.90 Å². The van der Waals surface area contributed by atoms with Crippen LogP contribution in [0.25, 0.3) is 0 Å². The number of ether oxygens (including phenoxy) is 2. The summed E-state index contributed by atoms with van der Waals surface area (Å²) in [5, 5.41) is 0. The van der Waals surface area contributed by atoms with Crippen molar-refractivity contribution in [3.05, 3.63) is 29.8 Å². The first-order chi connectivity index (χ1) is 15.2. The zero-order valence-corrected chi connectivity index (χ0v) is 20.4. The highest BCUT2D eigenvalue weighted by Gasteiger charge is 2.64. The van der Waals surface area contributed by atoms with Gasteiger partial charge in [0.05, 0.1) is 0 Å². The molecule has 180 valence electrons. The quantitative estimate of drug-likeness (QED) is 0.572. The van der Waals surface area contributed by atoms with E-state index in [-0.39, 0.29) is 12.8 Å². The molecule has 0 N–H and O–H groups in total. The van der Waals surface area contributed by atoms with E-state index in [9.17, 15) is 19.2 Å². The van der Waals surface area contributed by atoms with Gasteiger partial charge in [-0.05, 0) is 72.9 Å². The number of piperidine rings is 1. The van der Waals surface area contributed by atoms with Gasteiger partial charge in [-0.2, -0.15) is 4.90 Å². The maximum Gasteiger partial charge on any atom is 0.425 e. The fourth-order valence-corrected chi connectivity index (χ4v) is 4.18. The zero-order chi connectivity index (χ0) is 24.8. The molecule has 1 aromatic carbocycles. The lowest BCUT2D eigenvalue weighted by Gasteiger charge is -2.42. The molecule has 0 bridgehead atoms. The number of nitrogens with zero attached hydrogens (tertiary/aromatic N) is 3. The summed E-state index contributed by atoms with van der Waals surface area (Å²) in [5.74, 6) is -0.753. The van der Waals surface area contributed by atoms with Gasteiger partial charge in [0, 0.05) is 18.8 Å². The molecule has 0 atom stereocenters. The van der Waals surface area contributed by atoms with Gasteiger partial charge < -0.3 is 14.4 Å². The Morgan fingerprint density at radius 1 is 0.879 bits per heavy atom. The summed E-state index contributed by atoms with van der Waals surface area (Å²) >= 11 is 0. The van der Waals surface area contributed by atoms with Gasteiger partial charge in [0.1, 0.15) is 16.7 Å². The first kappa shape index (κ1) is 24.5. The van der Waals surface area contributed by atoms with Crippen LogP contribution in [0.15, 0.2) is 24.3 Å². The number of para-hydroxylation sites is 1. The molecule has 2 aliphatic heterocycles. The Morgan fingerprint density at radius 3 is 1.91 bits per heavy atom. The third-order valence-electron chi connectivity index (χ3n) is 5.61. The van der Waals surface area contributed by atoms with Crippen LogP contribution in [0, 0.1) is 6.92 Å². The molecule has 33 heavy (non-hydrogen) atoms. The van der Waals surface area contributed by atoms with Gasteiger partial charge in [0.25, 0.3) is 5.91 Å². The molecule has 0 aliphatic carbocycles. The number of benzene rings is 1. The van der Waals surface area contributed by atoms with Crippen LogP contribution in [0.4, 0.5) is 20.1 Å². The van der Waals surface area contributed by atoms with Crippen molar-refractivity contribution in [1.29, 1.82) is 0 Å². The fourth-order valence-electron chi connectivity index (χ4n) is 4.18. The number of aryl methyl sites for hydroxylation is 1. The molecule has 0 saturated carbocycles. The van der Waals surface area contributed by atoms with E-state index in [0.717, 1.165) is 16.2 Å². The number of anilines is 1. The average molecular weight is 460 g/mol. The molecule has 9 heteroatoms. The van der Waals surface area contributed by atoms with Crippen LogP contribution in [0.3, 0.4) is 0 Å². The molecule has 0 unspecified atom stereocenters. The molecule has 5 amide bonds. The Kier molecular flexibility index (Phi) is 6.21. The van der Waals surface area contributed by atoms with E-state index >= 15 is 0 Å². The van der Waals surface area contributed by atoms with Crippen LogP contribution >= 0.6 is 0 Å². The van der Waals surface area contributed by atoms with E-state index in [2.05, 4.69) is 4.90 Å². The average Bonchev–Trinajstić information content (AvgIpc) is 2.87. The van der Waals surface area contributed by atoms with E-state index < -0.39 is 40.9 Å². The van der Waals surface area contributed by atoms with Crippen molar-refractivity contribution >= 4 is 29.8 Å². The zero-order valence-electron chi connectivity index (χ0n) is 20.4. The Bertz CT molecular complexity index is 967. The Labute approximate surface area is 194 Å². The van der Waals surface area contributed by atoms with Crippen molar-refractivity contribution < 1.29 is 28.7 Å². The monoisotopic (exact) mass is 459 g/mol. The van der Waals surface area contributed by atoms with Crippen LogP contribution in [0.1, 0.15) is 59.9 Å². The van der Waals surface area contributed by atoms with E-state index in [4.69, 9.17) is 9.47 Å². The number of carbonyl (C=O) groups is 4. The van der Waals surface area contributed by atoms with Crippen LogP contribution in [0.2, 0.25) is 0 Å². The van der Waals surface area contributed by atoms with Gasteiger partial charge in [-0.3, -0.25) is 4.79 Å². The summed E-state index contributed by atoms with van der Waals surface area (Å²) in [6.45, 7) is 12.8. The molecule has 2 heterocycles. The number of hydrogen-bond donors (Lipinski definition) is 0. The minimum absolute atomic E-state index is 0.171. The highest BCUT2D eigenvalue weighted by Crippen LogP contribution is 2.40. The third-order valence-corrected chi connectivity index (χ3v) is 5.61. The van der Waals surface area contributed by atoms with Crippen molar-refractivity contribution in [3.63, 3.8) is 0 Å². The Balaban J connectivity index is 1.95. The second kappa shape index (κ2) is 8.35. The smallest absolute Gasteiger partial charge is 0.425 e. The normalized spacial score (nSPS) is 18.7. The molecule has 1 aromatic rings. The molecule has 3 rings (SSSR count). The van der Waals surface area contributed by atoms with Gasteiger partial charge in [-0.15, -0.1) is 0 Å². The summed E-state index contributed by atoms with van der Waals surface area (Å²) in [5.41, 5.74) is -1.20. The molecular formula is C24H33N3O6. The lowest BCUT2D eigenvalue weighted by atomic mass is 9.85. The second-order valence-electron chi connectivity index (χ2n) is 10.5. The SMILES string of the molecule is Cc1ccccc1N1CCC2(CC1)C(=O)N(C(=O)OC(C)(C)C)C(=O)N2C(=O)OC(C)(C)C. The van der Waals surface area contributed by atoms with Gasteiger partial charge >= 0.3 is 18.2 Å². The largest absolute Gasteiger partial charge is 0.443 e. The highest BCUT2D eigenvalue weighted by molar-refractivity contribution is 6.20. The van der Waals surface area contributed by atoms with Crippen molar-refractivity contribution in [2.75, 3.05) is 18.0 Å². The molecule has 0 radical (unpaired) electrons. The highest BCUT2D eigenvalue weighted by atomic mass is 16.6. The maximum absolute atomic E-state index is 13.5. The minimum Gasteiger partial charge on any atom is -0.443 e. The van der Waals surface area contributed by atoms with E-state index in [1.54, 1.807) is 41.5 Å². The van der Waals surface area contributed by atoms with Crippen LogP contribution in [0.5, 0.6) is 0 Å². The number of amides is 5. The van der Waals surface area contributed by atoms with E-state index in [1.807, 2.05) is 31.2 Å². The van der Waals surface area contributed by atoms with Crippen molar-refractivity contribution in [2.45, 2.75) is 78.0 Å². The molecule has 2 fully saturated rings. The minimum atomic E-state index is -1.50. The second-order valence-corrected chi connectivity index (χ2v) is 10.5. The predicted molar refractivity (Wildman–Crippen MR) is 122 cm³/mol. The molecule has 0 aromatic heterocycles. The van der Waals surface area contributed by atoms with Crippen molar-refractivity contribution in [3.8, 4) is 0 Å². The van der Waals surface area contributed by atoms with Crippen molar-refractivity contribution in [2.24, 2.45) is 0 Å².